The number of aryl methyl sites for hydroxylation is 1. The fourth-order valence-electron chi connectivity index (χ4n) is 4.77. The molecule has 2 atom stereocenters. The second-order valence-corrected chi connectivity index (χ2v) is 11.3. The van der Waals surface area contributed by atoms with Gasteiger partial charge in [0.2, 0.25) is 21.8 Å². The highest BCUT2D eigenvalue weighted by Crippen LogP contribution is 2.35. The summed E-state index contributed by atoms with van der Waals surface area (Å²) < 4.78 is 31.1. The quantitative estimate of drug-likeness (QED) is 0.390. The highest BCUT2D eigenvalue weighted by atomic mass is 32.2. The number of fused-ring (bicyclic) bond motifs is 2. The Bertz CT molecular complexity index is 1540. The molecule has 0 spiro atoms. The summed E-state index contributed by atoms with van der Waals surface area (Å²) in [7, 11) is -0.573. The second-order valence-electron chi connectivity index (χ2n) is 9.51. The lowest BCUT2D eigenvalue weighted by Gasteiger charge is -2.28. The SMILES string of the molecule is CNC(C)C(=O)NC1CCc2ccccc2N(Cc2c(OC)ccc3c(C(=O)NS(C)(=O)=O)cccc23)C1=O. The van der Waals surface area contributed by atoms with Crippen LogP contribution in [0.4, 0.5) is 5.69 Å². The van der Waals surface area contributed by atoms with E-state index < -0.39 is 28.0 Å². The molecule has 4 rings (SSSR count). The Morgan fingerprint density at radius 2 is 1.82 bits per heavy atom. The fourth-order valence-corrected chi connectivity index (χ4v) is 5.22. The predicted molar refractivity (Wildman–Crippen MR) is 149 cm³/mol. The van der Waals surface area contributed by atoms with E-state index in [0.717, 1.165) is 17.5 Å². The third-order valence-electron chi connectivity index (χ3n) is 6.88. The lowest BCUT2D eigenvalue weighted by atomic mass is 9.98. The van der Waals surface area contributed by atoms with E-state index in [2.05, 4.69) is 10.6 Å². The Hall–Kier alpha value is -3.96. The van der Waals surface area contributed by atoms with Gasteiger partial charge in [-0.2, -0.15) is 0 Å². The van der Waals surface area contributed by atoms with E-state index >= 15 is 0 Å². The van der Waals surface area contributed by atoms with Gasteiger partial charge in [0.25, 0.3) is 5.91 Å². The van der Waals surface area contributed by atoms with E-state index in [-0.39, 0.29) is 23.9 Å². The molecule has 0 aliphatic carbocycles. The Kier molecular flexibility index (Phi) is 8.22. The third kappa shape index (κ3) is 6.04. The number of nitrogens with zero attached hydrogens (tertiary/aromatic N) is 1. The molecule has 0 radical (unpaired) electrons. The summed E-state index contributed by atoms with van der Waals surface area (Å²) in [5.74, 6) is -0.786. The van der Waals surface area contributed by atoms with Crippen LogP contribution in [0, 0.1) is 0 Å². The van der Waals surface area contributed by atoms with Gasteiger partial charge in [0.15, 0.2) is 0 Å². The number of likely N-dealkylation sites (N-methyl/N-ethyl adjacent to an activating group) is 1. The number of amides is 3. The van der Waals surface area contributed by atoms with E-state index in [4.69, 9.17) is 4.74 Å². The van der Waals surface area contributed by atoms with Gasteiger partial charge in [0.1, 0.15) is 11.8 Å². The molecule has 3 aromatic carbocycles. The molecule has 3 N–H and O–H groups in total. The van der Waals surface area contributed by atoms with Crippen molar-refractivity contribution >= 4 is 44.2 Å². The first-order valence-electron chi connectivity index (χ1n) is 12.5. The Morgan fingerprint density at radius 1 is 1.08 bits per heavy atom. The van der Waals surface area contributed by atoms with Crippen molar-refractivity contribution in [3.63, 3.8) is 0 Å². The van der Waals surface area contributed by atoms with Crippen molar-refractivity contribution in [1.82, 2.24) is 15.4 Å². The number of methoxy groups -OCH3 is 1. The Morgan fingerprint density at radius 3 is 2.51 bits per heavy atom. The van der Waals surface area contributed by atoms with E-state index in [0.29, 0.717) is 34.9 Å². The van der Waals surface area contributed by atoms with Crippen molar-refractivity contribution in [2.45, 2.75) is 38.4 Å². The van der Waals surface area contributed by atoms with E-state index in [1.165, 1.54) is 7.11 Å². The van der Waals surface area contributed by atoms with Crippen molar-refractivity contribution in [3.05, 3.63) is 71.3 Å². The smallest absolute Gasteiger partial charge is 0.265 e. The summed E-state index contributed by atoms with van der Waals surface area (Å²) >= 11 is 0. The van der Waals surface area contributed by atoms with Crippen molar-refractivity contribution in [1.29, 1.82) is 0 Å². The molecular weight excluding hydrogens is 520 g/mol. The summed E-state index contributed by atoms with van der Waals surface area (Å²) in [4.78, 5) is 41.0. The van der Waals surface area contributed by atoms with Crippen LogP contribution in [0.2, 0.25) is 0 Å². The van der Waals surface area contributed by atoms with E-state index in [9.17, 15) is 22.8 Å². The standard InChI is InChI=1S/C28H32N4O6S/c1-17(29-2)26(33)30-23-14-12-18-8-5-6-11-24(18)32(28(23)35)16-22-19-9-7-10-21(27(34)31-39(4,36)37)20(19)13-15-25(22)38-3/h5-11,13,15,17,23,29H,12,14,16H2,1-4H3,(H,30,33)(H,31,34). The molecule has 0 bridgehead atoms. The number of rotatable bonds is 8. The maximum absolute atomic E-state index is 13.9. The number of sulfonamides is 1. The summed E-state index contributed by atoms with van der Waals surface area (Å²) in [6.07, 6.45) is 1.95. The van der Waals surface area contributed by atoms with Gasteiger partial charge in [0, 0.05) is 16.8 Å². The fraction of sp³-hybridized carbons (Fsp3) is 0.321. The molecule has 0 fully saturated rings. The summed E-state index contributed by atoms with van der Waals surface area (Å²) in [6.45, 7) is 1.82. The van der Waals surface area contributed by atoms with Gasteiger partial charge < -0.3 is 20.3 Å². The molecule has 1 heterocycles. The number of anilines is 1. The molecule has 0 saturated heterocycles. The molecule has 1 aliphatic rings. The molecule has 0 saturated carbocycles. The molecule has 0 aromatic heterocycles. The van der Waals surface area contributed by atoms with E-state index in [1.54, 1.807) is 49.2 Å². The number of hydrogen-bond acceptors (Lipinski definition) is 7. The first kappa shape index (κ1) is 28.1. The number of carbonyl (C=O) groups is 3. The normalized spacial score (nSPS) is 16.3. The van der Waals surface area contributed by atoms with Crippen molar-refractivity contribution < 1.29 is 27.5 Å². The van der Waals surface area contributed by atoms with Crippen molar-refractivity contribution in [2.24, 2.45) is 0 Å². The van der Waals surface area contributed by atoms with Crippen molar-refractivity contribution in [2.75, 3.05) is 25.3 Å². The zero-order chi connectivity index (χ0) is 28.3. The molecule has 39 heavy (non-hydrogen) atoms. The Balaban J connectivity index is 1.81. The molecule has 10 nitrogen and oxygen atoms in total. The molecule has 2 unspecified atom stereocenters. The van der Waals surface area contributed by atoms with Crippen LogP contribution in [0.15, 0.2) is 54.6 Å². The minimum Gasteiger partial charge on any atom is -0.496 e. The number of para-hydroxylation sites is 1. The third-order valence-corrected chi connectivity index (χ3v) is 7.44. The van der Waals surface area contributed by atoms with Gasteiger partial charge in [-0.05, 0) is 67.4 Å². The van der Waals surface area contributed by atoms with Gasteiger partial charge in [-0.3, -0.25) is 14.4 Å². The highest BCUT2D eigenvalue weighted by molar-refractivity contribution is 7.89. The number of hydrogen-bond donors (Lipinski definition) is 3. The molecule has 11 heteroatoms. The van der Waals surface area contributed by atoms with Gasteiger partial charge in [-0.25, -0.2) is 13.1 Å². The van der Waals surface area contributed by atoms with Gasteiger partial charge in [-0.1, -0.05) is 30.3 Å². The lowest BCUT2D eigenvalue weighted by molar-refractivity contribution is -0.128. The largest absolute Gasteiger partial charge is 0.496 e. The van der Waals surface area contributed by atoms with Crippen LogP contribution in [-0.2, 0) is 32.6 Å². The molecule has 3 amide bonds. The highest BCUT2D eigenvalue weighted by Gasteiger charge is 2.33. The summed E-state index contributed by atoms with van der Waals surface area (Å²) in [5, 5.41) is 6.93. The summed E-state index contributed by atoms with van der Waals surface area (Å²) in [6, 6.07) is 14.8. The molecule has 206 valence electrons. The molecular formula is C28H32N4O6S. The monoisotopic (exact) mass is 552 g/mol. The van der Waals surface area contributed by atoms with Crippen LogP contribution < -0.4 is 25.0 Å². The molecule has 3 aromatic rings. The molecule has 1 aliphatic heterocycles. The maximum Gasteiger partial charge on any atom is 0.265 e. The van der Waals surface area contributed by atoms with Crippen LogP contribution in [0.25, 0.3) is 10.8 Å². The first-order valence-corrected chi connectivity index (χ1v) is 14.4. The van der Waals surface area contributed by atoms with Crippen LogP contribution in [-0.4, -0.2) is 58.6 Å². The zero-order valence-corrected chi connectivity index (χ0v) is 23.1. The van der Waals surface area contributed by atoms with Crippen LogP contribution in [0.5, 0.6) is 5.75 Å². The number of benzene rings is 3. The topological polar surface area (TPSA) is 134 Å². The minimum absolute atomic E-state index is 0.0987. The summed E-state index contributed by atoms with van der Waals surface area (Å²) in [5.41, 5.74) is 2.51. The van der Waals surface area contributed by atoms with Gasteiger partial charge in [-0.15, -0.1) is 0 Å². The zero-order valence-electron chi connectivity index (χ0n) is 22.3. The average Bonchev–Trinajstić information content (AvgIpc) is 3.03. The first-order chi connectivity index (χ1) is 18.5. The average molecular weight is 553 g/mol. The second kappa shape index (κ2) is 11.4. The van der Waals surface area contributed by atoms with E-state index in [1.807, 2.05) is 29.0 Å². The predicted octanol–water partition coefficient (Wildman–Crippen LogP) is 2.11. The van der Waals surface area contributed by atoms with Gasteiger partial charge >= 0.3 is 0 Å². The van der Waals surface area contributed by atoms with Gasteiger partial charge in [0.05, 0.1) is 26.0 Å². The lowest BCUT2D eigenvalue weighted by Crippen LogP contribution is -2.52. The van der Waals surface area contributed by atoms with Crippen molar-refractivity contribution in [3.8, 4) is 5.75 Å². The minimum atomic E-state index is -3.77. The number of carbonyl (C=O) groups excluding carboxylic acids is 3. The van der Waals surface area contributed by atoms with Crippen LogP contribution >= 0.6 is 0 Å². The maximum atomic E-state index is 13.9. The Labute approximate surface area is 227 Å². The number of nitrogens with one attached hydrogen (secondary N) is 3. The number of ether oxygens (including phenoxy) is 1. The van der Waals surface area contributed by atoms with Crippen LogP contribution in [0.3, 0.4) is 0 Å². The van der Waals surface area contributed by atoms with Crippen LogP contribution in [0.1, 0.15) is 34.8 Å².